The number of nitrogens with one attached hydrogen (secondary N) is 1. The first-order valence-electron chi connectivity index (χ1n) is 6.87. The second-order valence-electron chi connectivity index (χ2n) is 4.84. The van der Waals surface area contributed by atoms with E-state index in [4.69, 9.17) is 5.73 Å². The number of amides is 1. The predicted molar refractivity (Wildman–Crippen MR) is 77.2 cm³/mol. The van der Waals surface area contributed by atoms with Crippen molar-refractivity contribution in [3.63, 3.8) is 0 Å². The summed E-state index contributed by atoms with van der Waals surface area (Å²) in [7, 11) is 0. The molecule has 5 nitrogen and oxygen atoms in total. The van der Waals surface area contributed by atoms with E-state index in [1.807, 2.05) is 37.3 Å². The van der Waals surface area contributed by atoms with Crippen molar-refractivity contribution in [2.24, 2.45) is 5.73 Å². The van der Waals surface area contributed by atoms with Crippen LogP contribution in [0.3, 0.4) is 0 Å². The van der Waals surface area contributed by atoms with Gasteiger partial charge in [0, 0.05) is 6.42 Å². The third-order valence-electron chi connectivity index (χ3n) is 3.10. The quantitative estimate of drug-likeness (QED) is 0.668. The third-order valence-corrected chi connectivity index (χ3v) is 3.10. The number of carbonyl (C=O) groups excluding carboxylic acids is 1. The van der Waals surface area contributed by atoms with Gasteiger partial charge in [0.15, 0.2) is 0 Å². The first-order valence-corrected chi connectivity index (χ1v) is 6.87. The fraction of sp³-hybridized carbons (Fsp3) is 0.467. The van der Waals surface area contributed by atoms with E-state index in [0.29, 0.717) is 6.42 Å². The number of hydrogen-bond donors (Lipinski definition) is 3. The zero-order chi connectivity index (χ0) is 15.0. The molecule has 4 N–H and O–H groups in total. The van der Waals surface area contributed by atoms with Crippen molar-refractivity contribution in [1.82, 2.24) is 5.32 Å². The van der Waals surface area contributed by atoms with Gasteiger partial charge in [-0.05, 0) is 12.0 Å². The molecule has 0 aliphatic heterocycles. The minimum Gasteiger partial charge on any atom is -0.480 e. The molecule has 0 saturated heterocycles. The lowest BCUT2D eigenvalue weighted by molar-refractivity contribution is -0.142. The van der Waals surface area contributed by atoms with Crippen LogP contribution in [0.15, 0.2) is 30.3 Å². The van der Waals surface area contributed by atoms with E-state index in [9.17, 15) is 14.7 Å². The summed E-state index contributed by atoms with van der Waals surface area (Å²) in [6.45, 7) is 2.01. The summed E-state index contributed by atoms with van der Waals surface area (Å²) in [4.78, 5) is 23.1. The number of carboxylic acids is 1. The van der Waals surface area contributed by atoms with Crippen LogP contribution in [0.25, 0.3) is 0 Å². The number of unbranched alkanes of at least 4 members (excludes halogenated alkanes) is 1. The number of hydrogen-bond acceptors (Lipinski definition) is 3. The first kappa shape index (κ1) is 16.2. The lowest BCUT2D eigenvalue weighted by atomic mass is 10.0. The number of carbonyl (C=O) groups is 2. The largest absolute Gasteiger partial charge is 0.480 e. The van der Waals surface area contributed by atoms with Crippen molar-refractivity contribution in [3.05, 3.63) is 35.9 Å². The van der Waals surface area contributed by atoms with Gasteiger partial charge in [-0.2, -0.15) is 0 Å². The first-order chi connectivity index (χ1) is 9.54. The van der Waals surface area contributed by atoms with Crippen molar-refractivity contribution >= 4 is 11.9 Å². The topological polar surface area (TPSA) is 92.4 Å². The Morgan fingerprint density at radius 3 is 2.50 bits per heavy atom. The SMILES string of the molecule is CCCCC(N)C(=O)NC(Cc1ccccc1)C(=O)O. The minimum atomic E-state index is -1.05. The van der Waals surface area contributed by atoms with Gasteiger partial charge in [0.2, 0.25) is 5.91 Å². The van der Waals surface area contributed by atoms with E-state index >= 15 is 0 Å². The fourth-order valence-corrected chi connectivity index (χ4v) is 1.88. The van der Waals surface area contributed by atoms with Gasteiger partial charge in [-0.15, -0.1) is 0 Å². The molecule has 0 heterocycles. The smallest absolute Gasteiger partial charge is 0.326 e. The maximum Gasteiger partial charge on any atom is 0.326 e. The lowest BCUT2D eigenvalue weighted by Gasteiger charge is -2.17. The Morgan fingerprint density at radius 2 is 1.95 bits per heavy atom. The second-order valence-corrected chi connectivity index (χ2v) is 4.84. The standard InChI is InChI=1S/C15H22N2O3/c1-2-3-9-12(16)14(18)17-13(15(19)20)10-11-7-5-4-6-8-11/h4-8,12-13H,2-3,9-10,16H2,1H3,(H,17,18)(H,19,20). The van der Waals surface area contributed by atoms with Gasteiger partial charge in [0.25, 0.3) is 0 Å². The molecular weight excluding hydrogens is 256 g/mol. The number of carboxylic acid groups (broad SMARTS) is 1. The van der Waals surface area contributed by atoms with Crippen molar-refractivity contribution in [2.45, 2.75) is 44.7 Å². The molecule has 0 bridgehead atoms. The normalized spacial score (nSPS) is 13.5. The molecule has 2 atom stereocenters. The highest BCUT2D eigenvalue weighted by Crippen LogP contribution is 2.05. The second kappa shape index (κ2) is 8.32. The Hall–Kier alpha value is -1.88. The summed E-state index contributed by atoms with van der Waals surface area (Å²) in [6, 6.07) is 7.60. The van der Waals surface area contributed by atoms with Crippen LogP contribution in [0, 0.1) is 0 Å². The maximum absolute atomic E-state index is 11.9. The monoisotopic (exact) mass is 278 g/mol. The minimum absolute atomic E-state index is 0.252. The highest BCUT2D eigenvalue weighted by Gasteiger charge is 2.23. The fourth-order valence-electron chi connectivity index (χ4n) is 1.88. The molecule has 0 fully saturated rings. The Labute approximate surface area is 119 Å². The van der Waals surface area contributed by atoms with Crippen LogP contribution in [0.1, 0.15) is 31.7 Å². The summed E-state index contributed by atoms with van der Waals surface area (Å²) in [5.74, 6) is -1.45. The molecule has 0 aromatic heterocycles. The van der Waals surface area contributed by atoms with Gasteiger partial charge in [-0.3, -0.25) is 4.79 Å². The highest BCUT2D eigenvalue weighted by atomic mass is 16.4. The molecule has 1 rings (SSSR count). The van der Waals surface area contributed by atoms with E-state index in [1.54, 1.807) is 0 Å². The van der Waals surface area contributed by atoms with Gasteiger partial charge >= 0.3 is 5.97 Å². The number of benzene rings is 1. The van der Waals surface area contributed by atoms with E-state index in [1.165, 1.54) is 0 Å². The molecule has 0 saturated carbocycles. The molecule has 1 aromatic carbocycles. The average molecular weight is 278 g/mol. The molecular formula is C15H22N2O3. The van der Waals surface area contributed by atoms with Gasteiger partial charge in [0.05, 0.1) is 6.04 Å². The van der Waals surface area contributed by atoms with Crippen LogP contribution in [0.4, 0.5) is 0 Å². The zero-order valence-corrected chi connectivity index (χ0v) is 11.7. The number of rotatable bonds is 8. The van der Waals surface area contributed by atoms with Gasteiger partial charge in [-0.1, -0.05) is 50.1 Å². The van der Waals surface area contributed by atoms with Crippen molar-refractivity contribution < 1.29 is 14.7 Å². The van der Waals surface area contributed by atoms with E-state index < -0.39 is 24.0 Å². The number of aliphatic carboxylic acids is 1. The molecule has 0 spiro atoms. The van der Waals surface area contributed by atoms with E-state index in [0.717, 1.165) is 18.4 Å². The Morgan fingerprint density at radius 1 is 1.30 bits per heavy atom. The third kappa shape index (κ3) is 5.40. The van der Waals surface area contributed by atoms with Crippen molar-refractivity contribution in [3.8, 4) is 0 Å². The summed E-state index contributed by atoms with van der Waals surface area (Å²) in [5, 5.41) is 11.7. The predicted octanol–water partition coefficient (Wildman–Crippen LogP) is 1.32. The zero-order valence-electron chi connectivity index (χ0n) is 11.7. The number of nitrogens with two attached hydrogens (primary N) is 1. The molecule has 1 aromatic rings. The maximum atomic E-state index is 11.9. The molecule has 0 aliphatic carbocycles. The highest BCUT2D eigenvalue weighted by molar-refractivity contribution is 5.86. The van der Waals surface area contributed by atoms with Crippen molar-refractivity contribution in [2.75, 3.05) is 0 Å². The summed E-state index contributed by atoms with van der Waals surface area (Å²) in [5.41, 5.74) is 6.60. The van der Waals surface area contributed by atoms with Crippen molar-refractivity contribution in [1.29, 1.82) is 0 Å². The molecule has 2 unspecified atom stereocenters. The molecule has 1 amide bonds. The van der Waals surface area contributed by atoms with E-state index in [-0.39, 0.29) is 6.42 Å². The van der Waals surface area contributed by atoms with Gasteiger partial charge in [0.1, 0.15) is 6.04 Å². The molecule has 5 heteroatoms. The summed E-state index contributed by atoms with van der Waals surface area (Å²) < 4.78 is 0. The Kier molecular flexibility index (Phi) is 6.73. The Balaban J connectivity index is 2.59. The molecule has 0 radical (unpaired) electrons. The van der Waals surface area contributed by atoms with Crippen LogP contribution in [-0.2, 0) is 16.0 Å². The lowest BCUT2D eigenvalue weighted by Crippen LogP contribution is -2.49. The summed E-state index contributed by atoms with van der Waals surface area (Å²) in [6.07, 6.45) is 2.63. The molecule has 0 aliphatic rings. The van der Waals surface area contributed by atoms with Crippen LogP contribution in [0.5, 0.6) is 0 Å². The van der Waals surface area contributed by atoms with Gasteiger partial charge < -0.3 is 16.2 Å². The van der Waals surface area contributed by atoms with Crippen LogP contribution in [-0.4, -0.2) is 29.1 Å². The van der Waals surface area contributed by atoms with Crippen LogP contribution >= 0.6 is 0 Å². The molecule has 110 valence electrons. The Bertz CT molecular complexity index is 434. The van der Waals surface area contributed by atoms with E-state index in [2.05, 4.69) is 5.32 Å². The van der Waals surface area contributed by atoms with Gasteiger partial charge in [-0.25, -0.2) is 4.79 Å². The summed E-state index contributed by atoms with van der Waals surface area (Å²) >= 11 is 0. The van der Waals surface area contributed by atoms with Crippen LogP contribution in [0.2, 0.25) is 0 Å². The average Bonchev–Trinajstić information content (AvgIpc) is 2.44. The van der Waals surface area contributed by atoms with Crippen LogP contribution < -0.4 is 11.1 Å². The molecule has 20 heavy (non-hydrogen) atoms.